The number of nitrogens with zero attached hydrogens (tertiary/aromatic N) is 1. The molecule has 0 radical (unpaired) electrons. The minimum Gasteiger partial charge on any atom is -0.369 e. The molecule has 0 aromatic carbocycles. The normalized spacial score (nSPS) is 12.1. The van der Waals surface area contributed by atoms with Crippen molar-refractivity contribution in [3.63, 3.8) is 0 Å². The van der Waals surface area contributed by atoms with Gasteiger partial charge in [0.2, 0.25) is 0 Å². The number of nitrogens with one attached hydrogen (secondary N) is 1. The lowest BCUT2D eigenvalue weighted by molar-refractivity contribution is -0.131. The molecule has 0 aliphatic heterocycles. The molecular formula is C11H17N3O2. The Labute approximate surface area is 95.0 Å². The van der Waals surface area contributed by atoms with Crippen LogP contribution in [-0.2, 0) is 16.0 Å². The molecule has 16 heavy (non-hydrogen) atoms. The average Bonchev–Trinajstić information content (AvgIpc) is 2.34. The van der Waals surface area contributed by atoms with E-state index in [0.29, 0.717) is 6.61 Å². The Balaban J connectivity index is 2.15. The number of hydrogen-bond acceptors (Lipinski definition) is 4. The van der Waals surface area contributed by atoms with E-state index in [4.69, 9.17) is 10.6 Å². The quantitative estimate of drug-likeness (QED) is 0.317. The van der Waals surface area contributed by atoms with Crippen LogP contribution < -0.4 is 11.3 Å². The maximum Gasteiger partial charge on any atom is 0.262 e. The average molecular weight is 223 g/mol. The highest BCUT2D eigenvalue weighted by atomic mass is 16.5. The van der Waals surface area contributed by atoms with Gasteiger partial charge >= 0.3 is 0 Å². The van der Waals surface area contributed by atoms with Gasteiger partial charge in [-0.3, -0.25) is 15.2 Å². The van der Waals surface area contributed by atoms with Crippen LogP contribution in [0, 0.1) is 0 Å². The Morgan fingerprint density at radius 1 is 1.56 bits per heavy atom. The first-order valence-electron chi connectivity index (χ1n) is 5.25. The summed E-state index contributed by atoms with van der Waals surface area (Å²) in [6.07, 6.45) is 4.81. The summed E-state index contributed by atoms with van der Waals surface area (Å²) in [5, 5.41) is 0. The molecule has 1 aromatic heterocycles. The highest BCUT2D eigenvalue weighted by Gasteiger charge is 2.10. The molecule has 0 aliphatic rings. The topological polar surface area (TPSA) is 77.2 Å². The predicted molar refractivity (Wildman–Crippen MR) is 60.3 cm³/mol. The van der Waals surface area contributed by atoms with Gasteiger partial charge in [-0.25, -0.2) is 5.84 Å². The molecule has 1 heterocycles. The van der Waals surface area contributed by atoms with Gasteiger partial charge in [-0.1, -0.05) is 0 Å². The number of rotatable bonds is 6. The number of hydrogen-bond donors (Lipinski definition) is 2. The second kappa shape index (κ2) is 6.92. The van der Waals surface area contributed by atoms with Crippen LogP contribution in [-0.4, -0.2) is 23.6 Å². The second-order valence-electron chi connectivity index (χ2n) is 3.48. The SMILES string of the molecule is CC(OCCCc1ccncc1)C(=O)NN. The lowest BCUT2D eigenvalue weighted by Crippen LogP contribution is -2.39. The van der Waals surface area contributed by atoms with E-state index in [-0.39, 0.29) is 5.91 Å². The molecular weight excluding hydrogens is 206 g/mol. The van der Waals surface area contributed by atoms with E-state index in [0.717, 1.165) is 12.8 Å². The fourth-order valence-electron chi connectivity index (χ4n) is 1.28. The number of hydrazine groups is 1. The Kier molecular flexibility index (Phi) is 5.45. The third kappa shape index (κ3) is 4.37. The number of nitrogens with two attached hydrogens (primary N) is 1. The number of amides is 1. The van der Waals surface area contributed by atoms with Gasteiger partial charge in [0.25, 0.3) is 5.91 Å². The molecule has 0 aliphatic carbocycles. The molecule has 0 fully saturated rings. The monoisotopic (exact) mass is 223 g/mol. The minimum absolute atomic E-state index is 0.302. The Morgan fingerprint density at radius 2 is 2.25 bits per heavy atom. The van der Waals surface area contributed by atoms with E-state index >= 15 is 0 Å². The summed E-state index contributed by atoms with van der Waals surface area (Å²) >= 11 is 0. The number of carbonyl (C=O) groups excluding carboxylic acids is 1. The Morgan fingerprint density at radius 3 is 2.88 bits per heavy atom. The zero-order chi connectivity index (χ0) is 11.8. The van der Waals surface area contributed by atoms with Crippen molar-refractivity contribution in [2.24, 2.45) is 5.84 Å². The highest BCUT2D eigenvalue weighted by molar-refractivity contribution is 5.79. The van der Waals surface area contributed by atoms with Crippen LogP contribution in [0.2, 0.25) is 0 Å². The summed E-state index contributed by atoms with van der Waals surface area (Å²) in [6, 6.07) is 3.94. The van der Waals surface area contributed by atoms with Crippen molar-refractivity contribution in [3.05, 3.63) is 30.1 Å². The molecule has 5 heteroatoms. The van der Waals surface area contributed by atoms with Crippen LogP contribution in [0.1, 0.15) is 18.9 Å². The van der Waals surface area contributed by atoms with Gasteiger partial charge < -0.3 is 4.74 Å². The molecule has 3 N–H and O–H groups in total. The molecule has 0 spiro atoms. The molecule has 1 rings (SSSR count). The van der Waals surface area contributed by atoms with Gasteiger partial charge in [-0.2, -0.15) is 0 Å². The number of pyridine rings is 1. The molecule has 0 saturated carbocycles. The van der Waals surface area contributed by atoms with Gasteiger partial charge in [0.05, 0.1) is 0 Å². The van der Waals surface area contributed by atoms with Gasteiger partial charge in [0.1, 0.15) is 6.10 Å². The molecule has 0 saturated heterocycles. The first-order chi connectivity index (χ1) is 7.74. The predicted octanol–water partition coefficient (Wildman–Crippen LogP) is 0.409. The van der Waals surface area contributed by atoms with E-state index in [2.05, 4.69) is 10.4 Å². The van der Waals surface area contributed by atoms with Gasteiger partial charge in [0.15, 0.2) is 0 Å². The lowest BCUT2D eigenvalue weighted by Gasteiger charge is -2.10. The van der Waals surface area contributed by atoms with Crippen LogP contribution >= 0.6 is 0 Å². The van der Waals surface area contributed by atoms with Crippen LogP contribution in [0.3, 0.4) is 0 Å². The highest BCUT2D eigenvalue weighted by Crippen LogP contribution is 2.02. The summed E-state index contributed by atoms with van der Waals surface area (Å²) in [4.78, 5) is 14.9. The largest absolute Gasteiger partial charge is 0.369 e. The molecule has 1 amide bonds. The minimum atomic E-state index is -0.498. The first-order valence-corrected chi connectivity index (χ1v) is 5.25. The van der Waals surface area contributed by atoms with Crippen molar-refractivity contribution < 1.29 is 9.53 Å². The zero-order valence-corrected chi connectivity index (χ0v) is 9.35. The van der Waals surface area contributed by atoms with Crippen molar-refractivity contribution in [1.29, 1.82) is 0 Å². The van der Waals surface area contributed by atoms with Crippen molar-refractivity contribution in [3.8, 4) is 0 Å². The standard InChI is InChI=1S/C11H17N3O2/c1-9(11(15)14-12)16-8-2-3-10-4-6-13-7-5-10/h4-7,9H,2-3,8,12H2,1H3,(H,14,15). The molecule has 1 aromatic rings. The van der Waals surface area contributed by atoms with Crippen LogP contribution in [0.25, 0.3) is 0 Å². The van der Waals surface area contributed by atoms with Crippen LogP contribution in [0.4, 0.5) is 0 Å². The lowest BCUT2D eigenvalue weighted by atomic mass is 10.1. The van der Waals surface area contributed by atoms with Crippen LogP contribution in [0.5, 0.6) is 0 Å². The van der Waals surface area contributed by atoms with E-state index in [1.165, 1.54) is 5.56 Å². The smallest absolute Gasteiger partial charge is 0.262 e. The number of aryl methyl sites for hydroxylation is 1. The van der Waals surface area contributed by atoms with E-state index in [9.17, 15) is 4.79 Å². The van der Waals surface area contributed by atoms with Gasteiger partial charge in [-0.15, -0.1) is 0 Å². The maximum absolute atomic E-state index is 11.0. The maximum atomic E-state index is 11.0. The summed E-state index contributed by atoms with van der Waals surface area (Å²) in [7, 11) is 0. The summed E-state index contributed by atoms with van der Waals surface area (Å²) in [5.74, 6) is 4.68. The molecule has 1 unspecified atom stereocenters. The first kappa shape index (κ1) is 12.6. The number of carbonyl (C=O) groups is 1. The van der Waals surface area contributed by atoms with Crippen molar-refractivity contribution in [2.45, 2.75) is 25.9 Å². The third-order valence-electron chi connectivity index (χ3n) is 2.24. The van der Waals surface area contributed by atoms with Crippen molar-refractivity contribution >= 4 is 5.91 Å². The number of aromatic nitrogens is 1. The fourth-order valence-corrected chi connectivity index (χ4v) is 1.28. The van der Waals surface area contributed by atoms with Crippen molar-refractivity contribution in [1.82, 2.24) is 10.4 Å². The summed E-state index contributed by atoms with van der Waals surface area (Å²) in [6.45, 7) is 2.21. The second-order valence-corrected chi connectivity index (χ2v) is 3.48. The van der Waals surface area contributed by atoms with Gasteiger partial charge in [0, 0.05) is 19.0 Å². The molecule has 5 nitrogen and oxygen atoms in total. The van der Waals surface area contributed by atoms with Gasteiger partial charge in [-0.05, 0) is 37.5 Å². The van der Waals surface area contributed by atoms with E-state index in [1.54, 1.807) is 19.3 Å². The van der Waals surface area contributed by atoms with Crippen LogP contribution in [0.15, 0.2) is 24.5 Å². The Bertz CT molecular complexity index is 316. The molecule has 88 valence electrons. The fraction of sp³-hybridized carbons (Fsp3) is 0.455. The Hall–Kier alpha value is -1.46. The van der Waals surface area contributed by atoms with E-state index in [1.807, 2.05) is 12.1 Å². The molecule has 0 bridgehead atoms. The number of ether oxygens (including phenoxy) is 1. The zero-order valence-electron chi connectivity index (χ0n) is 9.35. The summed E-state index contributed by atoms with van der Waals surface area (Å²) < 4.78 is 5.31. The molecule has 1 atom stereocenters. The van der Waals surface area contributed by atoms with E-state index < -0.39 is 6.10 Å². The summed E-state index contributed by atoms with van der Waals surface area (Å²) in [5.41, 5.74) is 3.27. The third-order valence-corrected chi connectivity index (χ3v) is 2.24. The van der Waals surface area contributed by atoms with Crippen molar-refractivity contribution in [2.75, 3.05) is 6.61 Å².